The van der Waals surface area contributed by atoms with Crippen molar-refractivity contribution in [2.75, 3.05) is 20.3 Å². The molecule has 1 saturated heterocycles. The number of aliphatic hydroxyl groups excluding tert-OH is 5. The molecule has 3 rings (SSSR count). The van der Waals surface area contributed by atoms with E-state index in [0.717, 1.165) is 6.26 Å². The lowest BCUT2D eigenvalue weighted by Crippen LogP contribution is -2.61. The fraction of sp³-hybridized carbons (Fsp3) is 0.706. The summed E-state index contributed by atoms with van der Waals surface area (Å²) in [4.78, 5) is 12.0. The van der Waals surface area contributed by atoms with Crippen molar-refractivity contribution in [3.05, 3.63) is 24.0 Å². The Morgan fingerprint density at radius 2 is 1.89 bits per heavy atom. The van der Waals surface area contributed by atoms with Gasteiger partial charge in [0.05, 0.1) is 38.1 Å². The lowest BCUT2D eigenvalue weighted by molar-refractivity contribution is -0.346. The number of aliphatic hydroxyl groups is 6. The van der Waals surface area contributed by atoms with Gasteiger partial charge in [0.1, 0.15) is 30.0 Å². The van der Waals surface area contributed by atoms with Gasteiger partial charge in [0.15, 0.2) is 6.29 Å². The van der Waals surface area contributed by atoms with Gasteiger partial charge in [-0.1, -0.05) is 12.2 Å². The van der Waals surface area contributed by atoms with Crippen LogP contribution in [-0.2, 0) is 23.7 Å². The van der Waals surface area contributed by atoms with Crippen molar-refractivity contribution in [3.63, 3.8) is 0 Å². The van der Waals surface area contributed by atoms with E-state index in [9.17, 15) is 35.4 Å². The summed E-state index contributed by atoms with van der Waals surface area (Å²) in [5.74, 6) is -2.40. The monoisotopic (exact) mass is 404 g/mol. The number of allylic oxidation sites excluding steroid dienone is 1. The first-order chi connectivity index (χ1) is 13.3. The van der Waals surface area contributed by atoms with Crippen molar-refractivity contribution < 1.29 is 54.4 Å². The van der Waals surface area contributed by atoms with E-state index in [4.69, 9.17) is 18.9 Å². The summed E-state index contributed by atoms with van der Waals surface area (Å²) in [7, 11) is 1.19. The van der Waals surface area contributed by atoms with Crippen LogP contribution < -0.4 is 0 Å². The van der Waals surface area contributed by atoms with Crippen molar-refractivity contribution in [2.24, 2.45) is 11.8 Å². The number of esters is 1. The van der Waals surface area contributed by atoms with Crippen LogP contribution in [0.3, 0.4) is 0 Å². The molecule has 1 fully saturated rings. The maximum absolute atomic E-state index is 12.0. The molecular weight excluding hydrogens is 380 g/mol. The van der Waals surface area contributed by atoms with Crippen LogP contribution in [0.2, 0.25) is 0 Å². The Morgan fingerprint density at radius 1 is 1.18 bits per heavy atom. The van der Waals surface area contributed by atoms with Crippen LogP contribution in [0, 0.1) is 11.8 Å². The topological polar surface area (TPSA) is 175 Å². The minimum absolute atomic E-state index is 0.0989. The van der Waals surface area contributed by atoms with Crippen LogP contribution in [0.4, 0.5) is 0 Å². The van der Waals surface area contributed by atoms with Gasteiger partial charge < -0.3 is 49.6 Å². The zero-order chi connectivity index (χ0) is 20.6. The highest BCUT2D eigenvalue weighted by Crippen LogP contribution is 2.45. The molecule has 0 aromatic rings. The Kier molecular flexibility index (Phi) is 6.08. The molecule has 0 saturated carbocycles. The number of carbonyl (C=O) groups excluding carboxylic acids is 1. The molecule has 0 spiro atoms. The molecule has 158 valence electrons. The SMILES string of the molecule is COC(=O)C1=CO[C@@H](O[C@H]2O[C@@H](CO)[C@H](O)[C@@H](O)[C@@H]2O)[C@@H]2[C@@H]1C=C[C@]2(O)CO. The highest BCUT2D eigenvalue weighted by Gasteiger charge is 2.55. The van der Waals surface area contributed by atoms with Gasteiger partial charge in [-0.25, -0.2) is 4.79 Å². The molecule has 0 bridgehead atoms. The summed E-state index contributed by atoms with van der Waals surface area (Å²) >= 11 is 0. The molecule has 6 N–H and O–H groups in total. The van der Waals surface area contributed by atoms with Crippen molar-refractivity contribution in [1.29, 1.82) is 0 Å². The first kappa shape index (κ1) is 21.1. The van der Waals surface area contributed by atoms with Gasteiger partial charge in [-0.3, -0.25) is 0 Å². The molecule has 0 radical (unpaired) electrons. The molecule has 0 aromatic carbocycles. The summed E-state index contributed by atoms with van der Waals surface area (Å²) in [6, 6.07) is 0. The number of ether oxygens (including phenoxy) is 4. The van der Waals surface area contributed by atoms with E-state index >= 15 is 0 Å². The van der Waals surface area contributed by atoms with E-state index in [0.29, 0.717) is 0 Å². The van der Waals surface area contributed by atoms with Crippen LogP contribution in [0.1, 0.15) is 0 Å². The molecule has 3 aliphatic rings. The Bertz CT molecular complexity index is 647. The van der Waals surface area contributed by atoms with Crippen LogP contribution in [0.5, 0.6) is 0 Å². The number of fused-ring (bicyclic) bond motifs is 1. The first-order valence-electron chi connectivity index (χ1n) is 8.69. The van der Waals surface area contributed by atoms with Crippen molar-refractivity contribution in [2.45, 2.75) is 42.6 Å². The van der Waals surface area contributed by atoms with Gasteiger partial charge in [0, 0.05) is 5.92 Å². The van der Waals surface area contributed by atoms with Gasteiger partial charge in [0.2, 0.25) is 6.29 Å². The van der Waals surface area contributed by atoms with E-state index in [1.165, 1.54) is 19.3 Å². The van der Waals surface area contributed by atoms with Gasteiger partial charge in [-0.15, -0.1) is 0 Å². The summed E-state index contributed by atoms with van der Waals surface area (Å²) in [5.41, 5.74) is -1.70. The lowest BCUT2D eigenvalue weighted by Gasteiger charge is -2.44. The number of hydrogen-bond donors (Lipinski definition) is 6. The Balaban J connectivity index is 1.85. The first-order valence-corrected chi connectivity index (χ1v) is 8.69. The standard InChI is InChI=1S/C17H24O11/c1-25-14(23)8-5-26-15(10-7(8)2-3-17(10,24)6-19)28-16-13(22)12(21)11(20)9(4-18)27-16/h2-3,5,7,9-13,15-16,18-22,24H,4,6H2,1H3/t7-,9+,10+,11+,12-,13+,15+,16-,17+/m1/s1. The average Bonchev–Trinajstić information content (AvgIpc) is 3.06. The molecule has 1 aliphatic carbocycles. The van der Waals surface area contributed by atoms with Crippen LogP contribution in [0.15, 0.2) is 24.0 Å². The highest BCUT2D eigenvalue weighted by atomic mass is 16.8. The van der Waals surface area contributed by atoms with E-state index < -0.39 is 73.6 Å². The zero-order valence-electron chi connectivity index (χ0n) is 15.0. The summed E-state index contributed by atoms with van der Waals surface area (Å²) in [6.45, 7) is -1.34. The predicted molar refractivity (Wildman–Crippen MR) is 88.0 cm³/mol. The van der Waals surface area contributed by atoms with Gasteiger partial charge in [-0.05, 0) is 0 Å². The largest absolute Gasteiger partial charge is 0.471 e. The number of hydrogen-bond acceptors (Lipinski definition) is 11. The van der Waals surface area contributed by atoms with Crippen molar-refractivity contribution in [1.82, 2.24) is 0 Å². The van der Waals surface area contributed by atoms with E-state index in [2.05, 4.69) is 0 Å². The maximum atomic E-state index is 12.0. The molecule has 0 unspecified atom stereocenters. The minimum atomic E-state index is -1.79. The maximum Gasteiger partial charge on any atom is 0.337 e. The molecular formula is C17H24O11. The normalized spacial score (nSPS) is 45.2. The van der Waals surface area contributed by atoms with Crippen molar-refractivity contribution in [3.8, 4) is 0 Å². The molecule has 2 aliphatic heterocycles. The minimum Gasteiger partial charge on any atom is -0.471 e. The lowest BCUT2D eigenvalue weighted by atomic mass is 9.79. The Labute approximate surface area is 160 Å². The Hall–Kier alpha value is -1.57. The summed E-state index contributed by atoms with van der Waals surface area (Å²) < 4.78 is 21.0. The smallest absolute Gasteiger partial charge is 0.337 e. The van der Waals surface area contributed by atoms with Crippen LogP contribution in [-0.4, -0.2) is 99.5 Å². The van der Waals surface area contributed by atoms with Gasteiger partial charge in [-0.2, -0.15) is 0 Å². The van der Waals surface area contributed by atoms with E-state index in [1.807, 2.05) is 0 Å². The van der Waals surface area contributed by atoms with E-state index in [-0.39, 0.29) is 5.57 Å². The number of carbonyl (C=O) groups is 1. The molecule has 11 heteroatoms. The third-order valence-corrected chi connectivity index (χ3v) is 5.33. The number of methoxy groups -OCH3 is 1. The molecule has 0 amide bonds. The highest BCUT2D eigenvalue weighted by molar-refractivity contribution is 5.89. The second kappa shape index (κ2) is 8.05. The molecule has 0 aromatic heterocycles. The second-order valence-corrected chi connectivity index (χ2v) is 6.96. The summed E-state index contributed by atoms with van der Waals surface area (Å²) in [6.07, 6.45) is -4.99. The predicted octanol–water partition coefficient (Wildman–Crippen LogP) is -3.26. The fourth-order valence-corrected chi connectivity index (χ4v) is 3.71. The van der Waals surface area contributed by atoms with Crippen LogP contribution >= 0.6 is 0 Å². The zero-order valence-corrected chi connectivity index (χ0v) is 15.0. The number of rotatable bonds is 5. The average molecular weight is 404 g/mol. The molecule has 9 atom stereocenters. The van der Waals surface area contributed by atoms with Crippen LogP contribution in [0.25, 0.3) is 0 Å². The van der Waals surface area contributed by atoms with Crippen molar-refractivity contribution >= 4 is 5.97 Å². The molecule has 28 heavy (non-hydrogen) atoms. The summed E-state index contributed by atoms with van der Waals surface area (Å²) in [5, 5.41) is 59.5. The van der Waals surface area contributed by atoms with Gasteiger partial charge in [0.25, 0.3) is 0 Å². The third-order valence-electron chi connectivity index (χ3n) is 5.33. The second-order valence-electron chi connectivity index (χ2n) is 6.96. The van der Waals surface area contributed by atoms with Gasteiger partial charge >= 0.3 is 5.97 Å². The quantitative estimate of drug-likeness (QED) is 0.200. The Morgan fingerprint density at radius 3 is 2.50 bits per heavy atom. The van der Waals surface area contributed by atoms with E-state index in [1.54, 1.807) is 0 Å². The fourth-order valence-electron chi connectivity index (χ4n) is 3.71. The third kappa shape index (κ3) is 3.44. The molecule has 2 heterocycles. The molecule has 11 nitrogen and oxygen atoms in total.